The summed E-state index contributed by atoms with van der Waals surface area (Å²) >= 11 is 0. The Morgan fingerprint density at radius 3 is 2.39 bits per heavy atom. The number of hydrogen-bond acceptors (Lipinski definition) is 2. The van der Waals surface area contributed by atoms with Gasteiger partial charge in [-0.2, -0.15) is 0 Å². The molecule has 1 aromatic heterocycles. The van der Waals surface area contributed by atoms with Crippen molar-refractivity contribution in [2.24, 2.45) is 10.7 Å². The third kappa shape index (κ3) is 5.82. The summed E-state index contributed by atoms with van der Waals surface area (Å²) in [6, 6.07) is 10.3. The Kier molecular flexibility index (Phi) is 8.61. The van der Waals surface area contributed by atoms with Crippen LogP contribution in [0.25, 0.3) is 0 Å². The van der Waals surface area contributed by atoms with Gasteiger partial charge in [0.1, 0.15) is 0 Å². The Bertz CT molecular complexity index is 604. The SMILES string of the molecule is CCc1cccc(CC)c1NC(N)=NCCc1cccnc1.I. The Balaban J connectivity index is 0.00000264. The smallest absolute Gasteiger partial charge is 0.193 e. The quantitative estimate of drug-likeness (QED) is 0.421. The molecule has 0 atom stereocenters. The maximum Gasteiger partial charge on any atom is 0.193 e. The maximum absolute atomic E-state index is 6.04. The average Bonchev–Trinajstić information content (AvgIpc) is 2.56. The molecule has 0 unspecified atom stereocenters. The highest BCUT2D eigenvalue weighted by molar-refractivity contribution is 14.0. The van der Waals surface area contributed by atoms with Gasteiger partial charge in [0.25, 0.3) is 0 Å². The predicted octanol–water partition coefficient (Wildman–Crippen LogP) is 3.79. The second kappa shape index (κ2) is 10.2. The molecule has 1 aromatic carbocycles. The fourth-order valence-electron chi connectivity index (χ4n) is 2.42. The number of hydrogen-bond donors (Lipinski definition) is 2. The Labute approximate surface area is 155 Å². The van der Waals surface area contributed by atoms with Gasteiger partial charge in [-0.3, -0.25) is 9.98 Å². The first-order chi connectivity index (χ1) is 10.7. The van der Waals surface area contributed by atoms with Gasteiger partial charge in [-0.25, -0.2) is 0 Å². The van der Waals surface area contributed by atoms with Gasteiger partial charge in [0, 0.05) is 24.6 Å². The molecule has 2 rings (SSSR count). The Morgan fingerprint density at radius 1 is 1.13 bits per heavy atom. The molecule has 0 bridgehead atoms. The Morgan fingerprint density at radius 2 is 1.83 bits per heavy atom. The van der Waals surface area contributed by atoms with Crippen molar-refractivity contribution in [3.63, 3.8) is 0 Å². The van der Waals surface area contributed by atoms with E-state index in [0.29, 0.717) is 12.5 Å². The molecule has 5 heteroatoms. The molecule has 0 aliphatic heterocycles. The highest BCUT2D eigenvalue weighted by Gasteiger charge is 2.06. The van der Waals surface area contributed by atoms with Crippen LogP contribution in [0.15, 0.2) is 47.7 Å². The first kappa shape index (κ1) is 19.4. The zero-order valence-electron chi connectivity index (χ0n) is 13.7. The molecule has 4 nitrogen and oxygen atoms in total. The van der Waals surface area contributed by atoms with Gasteiger partial charge in [0.2, 0.25) is 0 Å². The lowest BCUT2D eigenvalue weighted by atomic mass is 10.0. The summed E-state index contributed by atoms with van der Waals surface area (Å²) in [5.74, 6) is 0.472. The summed E-state index contributed by atoms with van der Waals surface area (Å²) in [7, 11) is 0. The van der Waals surface area contributed by atoms with Gasteiger partial charge in [0.15, 0.2) is 5.96 Å². The molecule has 0 spiro atoms. The van der Waals surface area contributed by atoms with E-state index in [-0.39, 0.29) is 24.0 Å². The van der Waals surface area contributed by atoms with Crippen LogP contribution in [0.3, 0.4) is 0 Å². The molecular weight excluding hydrogens is 399 g/mol. The number of guanidine groups is 1. The largest absolute Gasteiger partial charge is 0.370 e. The molecule has 3 N–H and O–H groups in total. The number of nitrogens with zero attached hydrogens (tertiary/aromatic N) is 2. The van der Waals surface area contributed by atoms with E-state index in [1.165, 1.54) is 16.7 Å². The van der Waals surface area contributed by atoms with E-state index in [9.17, 15) is 0 Å². The summed E-state index contributed by atoms with van der Waals surface area (Å²) in [5, 5.41) is 3.28. The van der Waals surface area contributed by atoms with E-state index in [4.69, 9.17) is 5.73 Å². The second-order valence-electron chi connectivity index (χ2n) is 5.16. The van der Waals surface area contributed by atoms with E-state index >= 15 is 0 Å². The van der Waals surface area contributed by atoms with E-state index in [1.807, 2.05) is 18.3 Å². The fraction of sp³-hybridized carbons (Fsp3) is 0.333. The molecule has 124 valence electrons. The number of aryl methyl sites for hydroxylation is 2. The van der Waals surface area contributed by atoms with Crippen molar-refractivity contribution in [2.45, 2.75) is 33.1 Å². The van der Waals surface area contributed by atoms with Crippen molar-refractivity contribution >= 4 is 35.6 Å². The fourth-order valence-corrected chi connectivity index (χ4v) is 2.42. The topological polar surface area (TPSA) is 63.3 Å². The molecule has 0 aliphatic rings. The van der Waals surface area contributed by atoms with Crippen LogP contribution in [0.2, 0.25) is 0 Å². The van der Waals surface area contributed by atoms with E-state index < -0.39 is 0 Å². The highest BCUT2D eigenvalue weighted by Crippen LogP contribution is 2.22. The Hall–Kier alpha value is -1.63. The van der Waals surface area contributed by atoms with Crippen LogP contribution < -0.4 is 11.1 Å². The number of rotatable bonds is 6. The van der Waals surface area contributed by atoms with Crippen LogP contribution in [0, 0.1) is 0 Å². The van der Waals surface area contributed by atoms with Gasteiger partial charge in [-0.15, -0.1) is 24.0 Å². The third-order valence-corrected chi connectivity index (χ3v) is 3.66. The number of nitrogens with one attached hydrogen (secondary N) is 1. The van der Waals surface area contributed by atoms with Crippen molar-refractivity contribution in [3.8, 4) is 0 Å². The summed E-state index contributed by atoms with van der Waals surface area (Å²) in [6.07, 6.45) is 6.42. The third-order valence-electron chi connectivity index (χ3n) is 3.66. The monoisotopic (exact) mass is 424 g/mol. The molecule has 0 radical (unpaired) electrons. The van der Waals surface area contributed by atoms with E-state index in [0.717, 1.165) is 24.9 Å². The summed E-state index contributed by atoms with van der Waals surface area (Å²) in [5.41, 5.74) is 10.9. The lowest BCUT2D eigenvalue weighted by Gasteiger charge is -2.14. The number of benzene rings is 1. The zero-order valence-corrected chi connectivity index (χ0v) is 16.1. The average molecular weight is 424 g/mol. The van der Waals surface area contributed by atoms with Crippen LogP contribution in [0.5, 0.6) is 0 Å². The van der Waals surface area contributed by atoms with Gasteiger partial charge in [-0.05, 0) is 42.0 Å². The van der Waals surface area contributed by atoms with Crippen LogP contribution in [0.1, 0.15) is 30.5 Å². The van der Waals surface area contributed by atoms with Gasteiger partial charge >= 0.3 is 0 Å². The molecule has 1 heterocycles. The van der Waals surface area contributed by atoms with Crippen molar-refractivity contribution in [2.75, 3.05) is 11.9 Å². The minimum atomic E-state index is 0. The first-order valence-electron chi connectivity index (χ1n) is 7.81. The molecule has 2 aromatic rings. The molecular formula is C18H25IN4. The number of pyridine rings is 1. The molecule has 0 saturated carbocycles. The number of nitrogens with two attached hydrogens (primary N) is 1. The normalized spacial score (nSPS) is 11.0. The number of anilines is 1. The summed E-state index contributed by atoms with van der Waals surface area (Å²) in [6.45, 7) is 4.95. The number of aromatic nitrogens is 1. The lowest BCUT2D eigenvalue weighted by Crippen LogP contribution is -2.24. The van der Waals surface area contributed by atoms with Crippen LogP contribution >= 0.6 is 24.0 Å². The van der Waals surface area contributed by atoms with Crippen molar-refractivity contribution < 1.29 is 0 Å². The first-order valence-corrected chi connectivity index (χ1v) is 7.81. The van der Waals surface area contributed by atoms with E-state index in [1.54, 1.807) is 6.20 Å². The minimum absolute atomic E-state index is 0. The van der Waals surface area contributed by atoms with Crippen molar-refractivity contribution in [1.82, 2.24) is 4.98 Å². The molecule has 0 fully saturated rings. The molecule has 0 saturated heterocycles. The van der Waals surface area contributed by atoms with Gasteiger partial charge < -0.3 is 11.1 Å². The second-order valence-corrected chi connectivity index (χ2v) is 5.16. The summed E-state index contributed by atoms with van der Waals surface area (Å²) < 4.78 is 0. The van der Waals surface area contributed by atoms with Crippen LogP contribution in [-0.4, -0.2) is 17.5 Å². The van der Waals surface area contributed by atoms with Gasteiger partial charge in [0.05, 0.1) is 0 Å². The number of aliphatic imine (C=N–C) groups is 1. The van der Waals surface area contributed by atoms with Crippen molar-refractivity contribution in [3.05, 3.63) is 59.4 Å². The standard InChI is InChI=1S/C18H24N4.HI/c1-3-15-8-5-9-16(4-2)17(15)22-18(19)21-12-10-14-7-6-11-20-13-14;/h5-9,11,13H,3-4,10,12H2,1-2H3,(H3,19,21,22);1H. The van der Waals surface area contributed by atoms with Crippen LogP contribution in [0.4, 0.5) is 5.69 Å². The minimum Gasteiger partial charge on any atom is -0.370 e. The van der Waals surface area contributed by atoms with Crippen LogP contribution in [-0.2, 0) is 19.3 Å². The van der Waals surface area contributed by atoms with E-state index in [2.05, 4.69) is 47.3 Å². The summed E-state index contributed by atoms with van der Waals surface area (Å²) in [4.78, 5) is 8.52. The number of para-hydroxylation sites is 1. The highest BCUT2D eigenvalue weighted by atomic mass is 127. The zero-order chi connectivity index (χ0) is 15.8. The molecule has 0 amide bonds. The van der Waals surface area contributed by atoms with Gasteiger partial charge in [-0.1, -0.05) is 38.1 Å². The molecule has 23 heavy (non-hydrogen) atoms. The number of halogens is 1. The lowest BCUT2D eigenvalue weighted by molar-refractivity contribution is 0.954. The van der Waals surface area contributed by atoms with Crippen molar-refractivity contribution in [1.29, 1.82) is 0 Å². The maximum atomic E-state index is 6.04. The predicted molar refractivity (Wildman–Crippen MR) is 109 cm³/mol. The molecule has 0 aliphatic carbocycles.